The zero-order chi connectivity index (χ0) is 19.1. The minimum absolute atomic E-state index is 0.305. The van der Waals surface area contributed by atoms with Gasteiger partial charge in [0.05, 0.1) is 7.11 Å². The molecular weight excluding hydrogens is 359 g/mol. The molecule has 0 spiro atoms. The molecule has 0 aliphatic carbocycles. The largest absolute Gasteiger partial charge is 0.464 e. The first-order valence-corrected chi connectivity index (χ1v) is 9.77. The Morgan fingerprint density at radius 2 is 1.96 bits per heavy atom. The van der Waals surface area contributed by atoms with Gasteiger partial charge in [0.2, 0.25) is 17.4 Å². The van der Waals surface area contributed by atoms with Gasteiger partial charge in [0.15, 0.2) is 0 Å². The topological polar surface area (TPSA) is 80.3 Å². The molecule has 140 valence electrons. The second-order valence-corrected chi connectivity index (χ2v) is 7.74. The molecule has 2 saturated heterocycles. The summed E-state index contributed by atoms with van der Waals surface area (Å²) in [4.78, 5) is 39.5. The van der Waals surface area contributed by atoms with Gasteiger partial charge in [-0.2, -0.15) is 11.8 Å². The van der Waals surface area contributed by atoms with Crippen LogP contribution in [0.1, 0.15) is 18.0 Å². The monoisotopic (exact) mass is 381 g/mol. The Morgan fingerprint density at radius 1 is 1.31 bits per heavy atom. The summed E-state index contributed by atoms with van der Waals surface area (Å²) in [5, 5.41) is 1.79. The number of hydrogen-bond acceptors (Lipinski definition) is 5. The van der Waals surface area contributed by atoms with Crippen LogP contribution in [0.3, 0.4) is 0 Å². The fourth-order valence-electron chi connectivity index (χ4n) is 4.25. The van der Waals surface area contributed by atoms with Gasteiger partial charge in [0.25, 0.3) is 0 Å². The van der Waals surface area contributed by atoms with Gasteiger partial charge in [-0.25, -0.2) is 9.18 Å². The molecule has 6 nitrogen and oxygen atoms in total. The Hall–Kier alpha value is -1.93. The number of halogens is 1. The van der Waals surface area contributed by atoms with E-state index in [0.717, 1.165) is 4.90 Å². The number of fused-ring (bicyclic) bond motifs is 1. The third kappa shape index (κ3) is 2.72. The van der Waals surface area contributed by atoms with Crippen LogP contribution in [0.2, 0.25) is 0 Å². The lowest BCUT2D eigenvalue weighted by atomic mass is 9.78. The van der Waals surface area contributed by atoms with E-state index in [0.29, 0.717) is 17.7 Å². The molecule has 0 aromatic heterocycles. The van der Waals surface area contributed by atoms with Gasteiger partial charge in [-0.3, -0.25) is 14.5 Å². The smallest absolute Gasteiger partial charge is 0.368 e. The molecule has 2 aliphatic rings. The molecule has 0 bridgehead atoms. The Kier molecular flexibility index (Phi) is 5.07. The van der Waals surface area contributed by atoms with Crippen LogP contribution in [0.15, 0.2) is 24.3 Å². The standard InChI is InChI=1S/C18H21FN2O4S/c1-21-15(22)12-13(16(21)23)18(8-9-26-3,17(24)25-2)20-14(12)10-4-6-11(19)7-5-10/h4-7,12-14,20H,8-9H2,1-3H3/p+1/t12-,13+,14+,18+/m0/s1. The van der Waals surface area contributed by atoms with Crippen LogP contribution in [-0.4, -0.2) is 54.4 Å². The maximum absolute atomic E-state index is 13.3. The molecule has 0 unspecified atom stereocenters. The fraction of sp³-hybridized carbons (Fsp3) is 0.500. The van der Waals surface area contributed by atoms with Crippen molar-refractivity contribution in [3.8, 4) is 0 Å². The average Bonchev–Trinajstić information content (AvgIpc) is 3.10. The summed E-state index contributed by atoms with van der Waals surface area (Å²) in [6.07, 6.45) is 2.33. The predicted octanol–water partition coefficient (Wildman–Crippen LogP) is 0.340. The number of rotatable bonds is 5. The lowest BCUT2D eigenvalue weighted by Crippen LogP contribution is -2.98. The number of likely N-dealkylation sites (tertiary alicyclic amines) is 1. The summed E-state index contributed by atoms with van der Waals surface area (Å²) >= 11 is 1.56. The summed E-state index contributed by atoms with van der Waals surface area (Å²) in [5.41, 5.74) is -0.438. The van der Waals surface area contributed by atoms with Gasteiger partial charge in [0, 0.05) is 19.0 Å². The number of carbonyl (C=O) groups is 3. The third-order valence-electron chi connectivity index (χ3n) is 5.53. The van der Waals surface area contributed by atoms with Crippen molar-refractivity contribution in [3.05, 3.63) is 35.6 Å². The van der Waals surface area contributed by atoms with Crippen molar-refractivity contribution in [3.63, 3.8) is 0 Å². The second-order valence-electron chi connectivity index (χ2n) is 6.76. The molecule has 2 aliphatic heterocycles. The average molecular weight is 381 g/mol. The van der Waals surface area contributed by atoms with Gasteiger partial charge in [0.1, 0.15) is 23.7 Å². The van der Waals surface area contributed by atoms with E-state index >= 15 is 0 Å². The zero-order valence-corrected chi connectivity index (χ0v) is 15.7. The molecule has 4 atom stereocenters. The number of hydrogen-bond donors (Lipinski definition) is 1. The number of carbonyl (C=O) groups excluding carboxylic acids is 3. The van der Waals surface area contributed by atoms with Crippen molar-refractivity contribution in [1.29, 1.82) is 0 Å². The molecule has 2 N–H and O–H groups in total. The van der Waals surface area contributed by atoms with Crippen LogP contribution < -0.4 is 5.32 Å². The highest BCUT2D eigenvalue weighted by atomic mass is 32.2. The molecule has 2 heterocycles. The molecule has 1 aromatic rings. The molecule has 2 fully saturated rings. The van der Waals surface area contributed by atoms with Gasteiger partial charge in [-0.1, -0.05) is 12.1 Å². The van der Waals surface area contributed by atoms with Crippen molar-refractivity contribution in [2.24, 2.45) is 11.8 Å². The van der Waals surface area contributed by atoms with Crippen LogP contribution in [0.5, 0.6) is 0 Å². The highest BCUT2D eigenvalue weighted by molar-refractivity contribution is 7.98. The number of nitrogens with zero attached hydrogens (tertiary/aromatic N) is 1. The Balaban J connectivity index is 2.11. The number of benzene rings is 1. The van der Waals surface area contributed by atoms with E-state index in [-0.39, 0.29) is 17.6 Å². The van der Waals surface area contributed by atoms with Gasteiger partial charge in [-0.05, 0) is 24.1 Å². The first kappa shape index (κ1) is 18.8. The lowest BCUT2D eigenvalue weighted by molar-refractivity contribution is -0.734. The van der Waals surface area contributed by atoms with E-state index in [1.807, 2.05) is 6.26 Å². The number of quaternary nitrogens is 1. The highest BCUT2D eigenvalue weighted by Gasteiger charge is 2.71. The molecule has 26 heavy (non-hydrogen) atoms. The van der Waals surface area contributed by atoms with Crippen molar-refractivity contribution in [2.45, 2.75) is 18.0 Å². The number of imide groups is 1. The fourth-order valence-corrected chi connectivity index (χ4v) is 4.79. The second kappa shape index (κ2) is 7.00. The van der Waals surface area contributed by atoms with E-state index in [2.05, 4.69) is 0 Å². The van der Waals surface area contributed by atoms with Crippen molar-refractivity contribution < 1.29 is 28.8 Å². The molecular formula is C18H22FN2O4S+. The van der Waals surface area contributed by atoms with E-state index in [4.69, 9.17) is 4.74 Å². The summed E-state index contributed by atoms with van der Waals surface area (Å²) in [6.45, 7) is 0. The van der Waals surface area contributed by atoms with Crippen LogP contribution in [0.4, 0.5) is 4.39 Å². The van der Waals surface area contributed by atoms with E-state index < -0.39 is 29.4 Å². The van der Waals surface area contributed by atoms with Crippen LogP contribution in [-0.2, 0) is 19.1 Å². The maximum Gasteiger partial charge on any atom is 0.368 e. The summed E-state index contributed by atoms with van der Waals surface area (Å²) < 4.78 is 18.4. The summed E-state index contributed by atoms with van der Waals surface area (Å²) in [5.74, 6) is -2.34. The first-order chi connectivity index (χ1) is 12.4. The van der Waals surface area contributed by atoms with Crippen molar-refractivity contribution >= 4 is 29.5 Å². The predicted molar refractivity (Wildman–Crippen MR) is 93.6 cm³/mol. The Morgan fingerprint density at radius 3 is 2.54 bits per heavy atom. The quantitative estimate of drug-likeness (QED) is 0.588. The lowest BCUT2D eigenvalue weighted by Gasteiger charge is -2.28. The van der Waals surface area contributed by atoms with Crippen LogP contribution >= 0.6 is 11.8 Å². The summed E-state index contributed by atoms with van der Waals surface area (Å²) in [7, 11) is 2.74. The van der Waals surface area contributed by atoms with Crippen LogP contribution in [0, 0.1) is 17.7 Å². The van der Waals surface area contributed by atoms with E-state index in [9.17, 15) is 18.8 Å². The molecule has 0 radical (unpaired) electrons. The minimum Gasteiger partial charge on any atom is -0.464 e. The Labute approximate surface area is 155 Å². The SMILES string of the molecule is COC(=O)[C@]1(CCSC)[NH2+][C@H](c2ccc(F)cc2)[C@H]2C(=O)N(C)C(=O)[C@@H]21. The molecule has 3 rings (SSSR count). The summed E-state index contributed by atoms with van der Waals surface area (Å²) in [6, 6.07) is 5.41. The molecule has 2 amide bonds. The van der Waals surface area contributed by atoms with Gasteiger partial charge < -0.3 is 10.1 Å². The van der Waals surface area contributed by atoms with Gasteiger partial charge in [-0.15, -0.1) is 0 Å². The van der Waals surface area contributed by atoms with Crippen molar-refractivity contribution in [2.75, 3.05) is 26.2 Å². The maximum atomic E-state index is 13.3. The van der Waals surface area contributed by atoms with E-state index in [1.165, 1.54) is 26.3 Å². The van der Waals surface area contributed by atoms with Gasteiger partial charge >= 0.3 is 5.97 Å². The first-order valence-electron chi connectivity index (χ1n) is 8.37. The number of esters is 1. The molecule has 1 aromatic carbocycles. The number of amides is 2. The third-order valence-corrected chi connectivity index (χ3v) is 6.14. The van der Waals surface area contributed by atoms with Crippen molar-refractivity contribution in [1.82, 2.24) is 4.90 Å². The highest BCUT2D eigenvalue weighted by Crippen LogP contribution is 2.45. The number of ether oxygens (including phenoxy) is 1. The zero-order valence-electron chi connectivity index (χ0n) is 14.9. The number of thioether (sulfide) groups is 1. The normalized spacial score (nSPS) is 30.6. The van der Waals surface area contributed by atoms with Crippen LogP contribution in [0.25, 0.3) is 0 Å². The minimum atomic E-state index is -1.15. The number of nitrogens with two attached hydrogens (primary N) is 1. The van der Waals surface area contributed by atoms with E-state index in [1.54, 1.807) is 29.2 Å². The Bertz CT molecular complexity index is 741. The molecule has 8 heteroatoms. The molecule has 0 saturated carbocycles. The number of methoxy groups -OCH3 is 1.